The van der Waals surface area contributed by atoms with Crippen LogP contribution in [0.3, 0.4) is 0 Å². The molecular weight excluding hydrogens is 432 g/mol. The van der Waals surface area contributed by atoms with E-state index in [9.17, 15) is 0 Å². The second kappa shape index (κ2) is 13.2. The molecule has 3 rings (SSSR count). The summed E-state index contributed by atoms with van der Waals surface area (Å²) in [5.74, 6) is 0. The Morgan fingerprint density at radius 1 is 0.625 bits per heavy atom. The number of hydrogen-bond acceptors (Lipinski definition) is 1. The standard InChI is InChI=1S/C12H10.C8H10N.2ClH.Pd/c1-3-7-11(8-4-1)12-9-5-2-6-10-12;9-7-6-8-4-2-1-3-5-8;;;/h1-10H;1-4H,6-7,9H2;2*1H;/q;;;;+2/p-2. The van der Waals surface area contributed by atoms with E-state index in [-0.39, 0.29) is 24.8 Å². The third kappa shape index (κ3) is 7.62. The van der Waals surface area contributed by atoms with Crippen molar-refractivity contribution >= 4 is 4.04 Å². The molecule has 0 amide bonds. The van der Waals surface area contributed by atoms with Gasteiger partial charge in [0, 0.05) is 0 Å². The summed E-state index contributed by atoms with van der Waals surface area (Å²) in [6.07, 6.45) is 0.955. The van der Waals surface area contributed by atoms with Crippen LogP contribution in [0.1, 0.15) is 5.56 Å². The average Bonchev–Trinajstić information content (AvgIpc) is 2.59. The fourth-order valence-electron chi connectivity index (χ4n) is 2.10. The zero-order chi connectivity index (χ0) is 15.6. The molecule has 0 saturated heterocycles. The number of hydrogen-bond donors (Lipinski definition) is 1. The Labute approximate surface area is 167 Å². The van der Waals surface area contributed by atoms with Gasteiger partial charge in [-0.15, -0.1) is 0 Å². The first-order valence-corrected chi connectivity index (χ1v) is 8.10. The molecule has 0 aliphatic carbocycles. The summed E-state index contributed by atoms with van der Waals surface area (Å²) < 4.78 is 1.19. The van der Waals surface area contributed by atoms with Crippen LogP contribution in [0.25, 0.3) is 11.1 Å². The predicted molar refractivity (Wildman–Crippen MR) is 90.7 cm³/mol. The molecule has 0 atom stereocenters. The number of benzene rings is 3. The van der Waals surface area contributed by atoms with E-state index in [0.29, 0.717) is 6.54 Å². The molecule has 1 nitrogen and oxygen atoms in total. The number of nitrogens with two attached hydrogens (primary N) is 1. The van der Waals surface area contributed by atoms with Crippen LogP contribution in [0, 0.1) is 0 Å². The number of halogens is 2. The SMILES string of the molecule is NCCc1cccc[c]1[Pd+2].[Cl-].[Cl-].c1ccc(-c2ccccc2)cc1. The molecule has 0 fully saturated rings. The molecule has 24 heavy (non-hydrogen) atoms. The minimum atomic E-state index is 0. The maximum absolute atomic E-state index is 5.41. The summed E-state index contributed by atoms with van der Waals surface area (Å²) in [5.41, 5.74) is 9.26. The van der Waals surface area contributed by atoms with E-state index in [4.69, 9.17) is 5.73 Å². The topological polar surface area (TPSA) is 26.0 Å². The van der Waals surface area contributed by atoms with Crippen LogP contribution in [0.5, 0.6) is 0 Å². The van der Waals surface area contributed by atoms with Gasteiger partial charge in [0.25, 0.3) is 0 Å². The van der Waals surface area contributed by atoms with Crippen molar-refractivity contribution in [1.29, 1.82) is 0 Å². The van der Waals surface area contributed by atoms with Crippen LogP contribution in [0.2, 0.25) is 0 Å². The third-order valence-corrected chi connectivity index (χ3v) is 3.98. The van der Waals surface area contributed by atoms with Crippen molar-refractivity contribution in [2.45, 2.75) is 6.42 Å². The molecule has 0 aliphatic rings. The second-order valence-electron chi connectivity index (χ2n) is 4.83. The van der Waals surface area contributed by atoms with Gasteiger partial charge in [-0.25, -0.2) is 0 Å². The number of rotatable bonds is 3. The molecule has 0 radical (unpaired) electrons. The third-order valence-electron chi connectivity index (χ3n) is 3.22. The average molecular weight is 452 g/mol. The van der Waals surface area contributed by atoms with Crippen molar-refractivity contribution < 1.29 is 44.0 Å². The molecule has 4 heteroatoms. The largest absolute Gasteiger partial charge is 1.00 e. The van der Waals surface area contributed by atoms with Gasteiger partial charge < -0.3 is 24.8 Å². The summed E-state index contributed by atoms with van der Waals surface area (Å²) in [7, 11) is 0. The minimum Gasteiger partial charge on any atom is -1.00 e. The summed E-state index contributed by atoms with van der Waals surface area (Å²) >= 11 is 3.18. The summed E-state index contributed by atoms with van der Waals surface area (Å²) in [4.78, 5) is 0. The Bertz CT molecular complexity index is 638. The van der Waals surface area contributed by atoms with E-state index >= 15 is 0 Å². The maximum atomic E-state index is 5.41. The molecule has 3 aromatic rings. The van der Waals surface area contributed by atoms with Crippen molar-refractivity contribution in [3.8, 4) is 11.1 Å². The van der Waals surface area contributed by atoms with E-state index < -0.39 is 0 Å². The van der Waals surface area contributed by atoms with E-state index in [0.717, 1.165) is 6.42 Å². The van der Waals surface area contributed by atoms with Crippen molar-refractivity contribution in [2.75, 3.05) is 6.54 Å². The summed E-state index contributed by atoms with van der Waals surface area (Å²) in [6.45, 7) is 0.717. The normalized spacial score (nSPS) is 8.92. The van der Waals surface area contributed by atoms with Gasteiger partial charge >= 0.3 is 71.8 Å². The monoisotopic (exact) mass is 450 g/mol. The van der Waals surface area contributed by atoms with Crippen molar-refractivity contribution in [2.24, 2.45) is 5.73 Å². The van der Waals surface area contributed by atoms with Crippen molar-refractivity contribution in [3.05, 3.63) is 90.5 Å². The van der Waals surface area contributed by atoms with Crippen molar-refractivity contribution in [3.63, 3.8) is 0 Å². The van der Waals surface area contributed by atoms with Crippen LogP contribution in [-0.2, 0) is 25.6 Å². The molecular formula is C20H20Cl2NPd. The first-order valence-electron chi connectivity index (χ1n) is 7.32. The molecule has 0 aliphatic heterocycles. The fraction of sp³-hybridized carbons (Fsp3) is 0.100. The molecule has 0 spiro atoms. The van der Waals surface area contributed by atoms with Gasteiger partial charge in [0.2, 0.25) is 0 Å². The molecule has 0 saturated carbocycles. The van der Waals surface area contributed by atoms with Gasteiger partial charge in [0.05, 0.1) is 0 Å². The quantitative estimate of drug-likeness (QED) is 0.447. The van der Waals surface area contributed by atoms with Gasteiger partial charge in [-0.05, 0) is 11.1 Å². The summed E-state index contributed by atoms with van der Waals surface area (Å²) in [6, 6.07) is 29.0. The van der Waals surface area contributed by atoms with Crippen LogP contribution in [0.4, 0.5) is 0 Å². The summed E-state index contributed by atoms with van der Waals surface area (Å²) in [5, 5.41) is 0. The van der Waals surface area contributed by atoms with Crippen LogP contribution in [0.15, 0.2) is 84.9 Å². The smallest absolute Gasteiger partial charge is 0.0184 e. The van der Waals surface area contributed by atoms with Gasteiger partial charge in [-0.3, -0.25) is 0 Å². The zero-order valence-corrected chi connectivity index (χ0v) is 16.2. The zero-order valence-electron chi connectivity index (χ0n) is 13.1. The first kappa shape index (κ1) is 22.9. The molecule has 0 aromatic heterocycles. The van der Waals surface area contributed by atoms with Crippen molar-refractivity contribution in [1.82, 2.24) is 0 Å². The Morgan fingerprint density at radius 3 is 1.46 bits per heavy atom. The van der Waals surface area contributed by atoms with E-state index in [1.807, 2.05) is 30.3 Å². The first-order chi connectivity index (χ1) is 10.8. The van der Waals surface area contributed by atoms with Gasteiger partial charge in [-0.1, -0.05) is 60.7 Å². The minimum absolute atomic E-state index is 0. The molecule has 0 heterocycles. The Balaban J connectivity index is 0.000000413. The van der Waals surface area contributed by atoms with Gasteiger partial charge in [-0.2, -0.15) is 0 Å². The van der Waals surface area contributed by atoms with E-state index in [2.05, 4.69) is 73.8 Å². The molecule has 0 bridgehead atoms. The predicted octanol–water partition coefficient (Wildman–Crippen LogP) is -2.28. The second-order valence-corrected chi connectivity index (χ2v) is 5.67. The van der Waals surface area contributed by atoms with Crippen LogP contribution in [-0.4, -0.2) is 6.54 Å². The molecule has 129 valence electrons. The maximum Gasteiger partial charge on any atom is -0.0184 e. The molecule has 2 N–H and O–H groups in total. The van der Waals surface area contributed by atoms with Crippen LogP contribution >= 0.6 is 0 Å². The fourth-order valence-corrected chi connectivity index (χ4v) is 2.57. The Hall–Kier alpha value is -1.14. The van der Waals surface area contributed by atoms with E-state index in [1.165, 1.54) is 20.7 Å². The van der Waals surface area contributed by atoms with E-state index in [1.54, 1.807) is 0 Å². The van der Waals surface area contributed by atoms with Gasteiger partial charge in [0.15, 0.2) is 0 Å². The molecule has 0 unspecified atom stereocenters. The van der Waals surface area contributed by atoms with Crippen LogP contribution < -0.4 is 34.6 Å². The van der Waals surface area contributed by atoms with Gasteiger partial charge in [0.1, 0.15) is 0 Å². The Kier molecular flexibility index (Phi) is 12.6. The Morgan fingerprint density at radius 2 is 1.04 bits per heavy atom. The molecule has 3 aromatic carbocycles.